The fourth-order valence-corrected chi connectivity index (χ4v) is 1.84. The van der Waals surface area contributed by atoms with Gasteiger partial charge in [0.2, 0.25) is 0 Å². The molecular weight excluding hydrogens is 256 g/mol. The average molecular weight is 272 g/mol. The molecule has 0 amide bonds. The molecular formula is C15H16N2O3. The van der Waals surface area contributed by atoms with Gasteiger partial charge in [-0.05, 0) is 12.5 Å². The van der Waals surface area contributed by atoms with Crippen LogP contribution in [0, 0.1) is 0 Å². The molecule has 1 aliphatic rings. The minimum absolute atomic E-state index is 0.299. The van der Waals surface area contributed by atoms with E-state index in [4.69, 9.17) is 14.2 Å². The Labute approximate surface area is 117 Å². The molecule has 0 bridgehead atoms. The fourth-order valence-electron chi connectivity index (χ4n) is 1.84. The summed E-state index contributed by atoms with van der Waals surface area (Å²) in [7, 11) is 0. The lowest BCUT2D eigenvalue weighted by Gasteiger charge is -2.36. The van der Waals surface area contributed by atoms with Crippen LogP contribution in [-0.2, 0) is 11.3 Å². The Bertz CT molecular complexity index is 553. The number of aromatic nitrogens is 2. The van der Waals surface area contributed by atoms with Gasteiger partial charge in [-0.2, -0.15) is 9.97 Å². The summed E-state index contributed by atoms with van der Waals surface area (Å²) in [4.78, 5) is 8.29. The second-order valence-electron chi connectivity index (χ2n) is 5.02. The highest BCUT2D eigenvalue weighted by Crippen LogP contribution is 2.22. The van der Waals surface area contributed by atoms with Crippen LogP contribution in [0.2, 0.25) is 0 Å². The van der Waals surface area contributed by atoms with E-state index in [-0.39, 0.29) is 5.60 Å². The molecule has 1 aromatic heterocycles. The smallest absolute Gasteiger partial charge is 0.317 e. The van der Waals surface area contributed by atoms with Crippen LogP contribution in [0.4, 0.5) is 0 Å². The van der Waals surface area contributed by atoms with Crippen LogP contribution in [0.3, 0.4) is 0 Å². The molecule has 3 rings (SSSR count). The van der Waals surface area contributed by atoms with Gasteiger partial charge in [0.25, 0.3) is 0 Å². The van der Waals surface area contributed by atoms with Crippen molar-refractivity contribution in [3.05, 3.63) is 48.3 Å². The highest BCUT2D eigenvalue weighted by Gasteiger charge is 2.36. The zero-order chi connectivity index (χ0) is 13.8. The molecule has 1 saturated heterocycles. The van der Waals surface area contributed by atoms with E-state index in [1.807, 2.05) is 37.3 Å². The van der Waals surface area contributed by atoms with E-state index >= 15 is 0 Å². The first kappa shape index (κ1) is 12.9. The van der Waals surface area contributed by atoms with Crippen molar-refractivity contribution < 1.29 is 14.2 Å². The summed E-state index contributed by atoms with van der Waals surface area (Å²) in [5, 5.41) is 0. The normalized spacial score (nSPS) is 16.2. The van der Waals surface area contributed by atoms with Crippen molar-refractivity contribution in [3.8, 4) is 11.8 Å². The third-order valence-corrected chi connectivity index (χ3v) is 3.01. The second kappa shape index (κ2) is 5.46. The first-order valence-corrected chi connectivity index (χ1v) is 6.49. The van der Waals surface area contributed by atoms with Crippen molar-refractivity contribution in [1.29, 1.82) is 0 Å². The Morgan fingerprint density at radius 3 is 2.45 bits per heavy atom. The molecule has 5 heteroatoms. The van der Waals surface area contributed by atoms with Gasteiger partial charge in [0.1, 0.15) is 6.61 Å². The van der Waals surface area contributed by atoms with Crippen LogP contribution in [0.25, 0.3) is 0 Å². The van der Waals surface area contributed by atoms with Gasteiger partial charge in [-0.15, -0.1) is 0 Å². The molecule has 1 aliphatic heterocycles. The number of hydrogen-bond acceptors (Lipinski definition) is 5. The number of benzene rings is 1. The van der Waals surface area contributed by atoms with E-state index in [9.17, 15) is 0 Å². The lowest BCUT2D eigenvalue weighted by molar-refractivity contribution is -0.153. The van der Waals surface area contributed by atoms with Gasteiger partial charge in [0.15, 0.2) is 11.4 Å². The topological polar surface area (TPSA) is 53.5 Å². The summed E-state index contributed by atoms with van der Waals surface area (Å²) in [5.74, 6) is 0.621. The molecule has 1 aromatic carbocycles. The number of rotatable bonds is 5. The molecule has 2 heterocycles. The van der Waals surface area contributed by atoms with E-state index in [0.717, 1.165) is 5.56 Å². The molecule has 2 aromatic rings. The van der Waals surface area contributed by atoms with Crippen molar-refractivity contribution in [2.45, 2.75) is 19.1 Å². The summed E-state index contributed by atoms with van der Waals surface area (Å²) < 4.78 is 16.4. The molecule has 20 heavy (non-hydrogen) atoms. The zero-order valence-corrected chi connectivity index (χ0v) is 11.3. The zero-order valence-electron chi connectivity index (χ0n) is 11.3. The van der Waals surface area contributed by atoms with Crippen LogP contribution < -0.4 is 9.47 Å². The third kappa shape index (κ3) is 3.05. The first-order chi connectivity index (χ1) is 9.73. The van der Waals surface area contributed by atoms with Gasteiger partial charge < -0.3 is 14.2 Å². The minimum Gasteiger partial charge on any atom is -0.486 e. The van der Waals surface area contributed by atoms with Crippen molar-refractivity contribution in [2.24, 2.45) is 0 Å². The monoisotopic (exact) mass is 272 g/mol. The molecule has 0 radical (unpaired) electrons. The fraction of sp³-hybridized carbons (Fsp3) is 0.333. The maximum absolute atomic E-state index is 5.65. The van der Waals surface area contributed by atoms with Crippen molar-refractivity contribution in [2.75, 3.05) is 13.2 Å². The molecule has 0 atom stereocenters. The van der Waals surface area contributed by atoms with Crippen molar-refractivity contribution >= 4 is 0 Å². The molecule has 0 N–H and O–H groups in total. The maximum Gasteiger partial charge on any atom is 0.317 e. The van der Waals surface area contributed by atoms with Gasteiger partial charge in [-0.3, -0.25) is 0 Å². The predicted molar refractivity (Wildman–Crippen MR) is 72.7 cm³/mol. The Kier molecular flexibility index (Phi) is 3.52. The summed E-state index contributed by atoms with van der Waals surface area (Å²) in [5.41, 5.74) is 0.804. The van der Waals surface area contributed by atoms with E-state index in [0.29, 0.717) is 31.6 Å². The van der Waals surface area contributed by atoms with Crippen LogP contribution in [-0.4, -0.2) is 28.8 Å². The second-order valence-corrected chi connectivity index (χ2v) is 5.02. The van der Waals surface area contributed by atoms with Gasteiger partial charge in [-0.25, -0.2) is 0 Å². The van der Waals surface area contributed by atoms with E-state index < -0.39 is 0 Å². The van der Waals surface area contributed by atoms with Crippen molar-refractivity contribution in [3.63, 3.8) is 0 Å². The van der Waals surface area contributed by atoms with Crippen LogP contribution in [0.1, 0.15) is 12.5 Å². The number of ether oxygens (including phenoxy) is 3. The molecule has 0 saturated carbocycles. The Morgan fingerprint density at radius 2 is 1.85 bits per heavy atom. The van der Waals surface area contributed by atoms with E-state index in [2.05, 4.69) is 9.97 Å². The Morgan fingerprint density at radius 1 is 1.15 bits per heavy atom. The molecule has 0 spiro atoms. The Balaban J connectivity index is 1.56. The van der Waals surface area contributed by atoms with Gasteiger partial charge in [-0.1, -0.05) is 30.3 Å². The molecule has 5 nitrogen and oxygen atoms in total. The van der Waals surface area contributed by atoms with Gasteiger partial charge in [0.05, 0.1) is 25.6 Å². The van der Waals surface area contributed by atoms with Crippen molar-refractivity contribution in [1.82, 2.24) is 9.97 Å². The summed E-state index contributed by atoms with van der Waals surface area (Å²) in [6.45, 7) is 3.61. The maximum atomic E-state index is 5.65. The number of nitrogens with zero attached hydrogens (tertiary/aromatic N) is 2. The quantitative estimate of drug-likeness (QED) is 0.835. The molecule has 104 valence electrons. The largest absolute Gasteiger partial charge is 0.486 e. The van der Waals surface area contributed by atoms with Crippen LogP contribution >= 0.6 is 0 Å². The number of hydrogen-bond donors (Lipinski definition) is 0. The Hall–Kier alpha value is -2.14. The van der Waals surface area contributed by atoms with E-state index in [1.165, 1.54) is 0 Å². The van der Waals surface area contributed by atoms with Crippen LogP contribution in [0.5, 0.6) is 11.8 Å². The lowest BCUT2D eigenvalue weighted by atomic mass is 10.1. The summed E-state index contributed by atoms with van der Waals surface area (Å²) in [6, 6.07) is 10.3. The highest BCUT2D eigenvalue weighted by atomic mass is 16.6. The molecule has 1 fully saturated rings. The SMILES string of the molecule is CC1(Oc2ncc(OCc3ccccc3)cn2)COC1. The highest BCUT2D eigenvalue weighted by molar-refractivity contribution is 5.18. The van der Waals surface area contributed by atoms with E-state index in [1.54, 1.807) is 12.4 Å². The van der Waals surface area contributed by atoms with Gasteiger partial charge >= 0.3 is 6.01 Å². The van der Waals surface area contributed by atoms with Gasteiger partial charge in [0, 0.05) is 0 Å². The summed E-state index contributed by atoms with van der Waals surface area (Å²) in [6.07, 6.45) is 3.24. The molecule has 0 aliphatic carbocycles. The lowest BCUT2D eigenvalue weighted by Crippen LogP contribution is -2.51. The predicted octanol–water partition coefficient (Wildman–Crippen LogP) is 2.22. The first-order valence-electron chi connectivity index (χ1n) is 6.49. The summed E-state index contributed by atoms with van der Waals surface area (Å²) >= 11 is 0. The average Bonchev–Trinajstić information content (AvgIpc) is 2.46. The standard InChI is InChI=1S/C15H16N2O3/c1-15(10-18-11-15)20-14-16-7-13(8-17-14)19-9-12-5-3-2-4-6-12/h2-8H,9-11H2,1H3. The minimum atomic E-state index is -0.299. The third-order valence-electron chi connectivity index (χ3n) is 3.01. The van der Waals surface area contributed by atoms with Crippen LogP contribution in [0.15, 0.2) is 42.7 Å². The molecule has 0 unspecified atom stereocenters.